The Labute approximate surface area is 169 Å². The van der Waals surface area contributed by atoms with Gasteiger partial charge in [0.05, 0.1) is 18.8 Å². The average molecular weight is 401 g/mol. The lowest BCUT2D eigenvalue weighted by Crippen LogP contribution is -2.42. The van der Waals surface area contributed by atoms with E-state index in [0.29, 0.717) is 12.0 Å². The summed E-state index contributed by atoms with van der Waals surface area (Å²) in [6.45, 7) is 2.92. The summed E-state index contributed by atoms with van der Waals surface area (Å²) in [4.78, 5) is 12.3. The van der Waals surface area contributed by atoms with Crippen LogP contribution in [-0.2, 0) is 20.2 Å². The molecule has 0 aromatic heterocycles. The SMILES string of the molecule is CCOC(=O)[C@H]1CC[C@@H]2[C@H](O1)c1cc(C(C)(F)F)ccc1N[C@H]2c1ccccc1. The molecule has 4 nitrogen and oxygen atoms in total. The molecule has 0 bridgehead atoms. The van der Waals surface area contributed by atoms with E-state index in [0.717, 1.165) is 24.6 Å². The van der Waals surface area contributed by atoms with Crippen LogP contribution in [0.4, 0.5) is 14.5 Å². The van der Waals surface area contributed by atoms with E-state index in [-0.39, 0.29) is 30.1 Å². The molecule has 1 saturated heterocycles. The lowest BCUT2D eigenvalue weighted by molar-refractivity contribution is -0.171. The highest BCUT2D eigenvalue weighted by atomic mass is 19.3. The van der Waals surface area contributed by atoms with Crippen molar-refractivity contribution in [1.29, 1.82) is 0 Å². The second-order valence-electron chi connectivity index (χ2n) is 7.76. The number of hydrogen-bond acceptors (Lipinski definition) is 4. The number of alkyl halides is 2. The number of carbonyl (C=O) groups is 1. The minimum Gasteiger partial charge on any atom is -0.464 e. The highest BCUT2D eigenvalue weighted by Crippen LogP contribution is 2.51. The lowest BCUT2D eigenvalue weighted by Gasteiger charge is -2.45. The van der Waals surface area contributed by atoms with Gasteiger partial charge >= 0.3 is 5.97 Å². The van der Waals surface area contributed by atoms with Gasteiger partial charge in [0.2, 0.25) is 0 Å². The van der Waals surface area contributed by atoms with Crippen molar-refractivity contribution >= 4 is 11.7 Å². The molecular formula is C23H25F2NO3. The highest BCUT2D eigenvalue weighted by molar-refractivity contribution is 5.75. The molecule has 2 aliphatic heterocycles. The fourth-order valence-electron chi connectivity index (χ4n) is 4.36. The van der Waals surface area contributed by atoms with Crippen LogP contribution in [0.3, 0.4) is 0 Å². The summed E-state index contributed by atoms with van der Waals surface area (Å²) in [7, 11) is 0. The zero-order valence-corrected chi connectivity index (χ0v) is 16.5. The van der Waals surface area contributed by atoms with E-state index >= 15 is 0 Å². The van der Waals surface area contributed by atoms with Crippen LogP contribution in [0, 0.1) is 5.92 Å². The number of esters is 1. The molecule has 29 heavy (non-hydrogen) atoms. The minimum atomic E-state index is -2.95. The molecule has 0 aliphatic carbocycles. The minimum absolute atomic E-state index is 0.0233. The van der Waals surface area contributed by atoms with Crippen molar-refractivity contribution in [2.24, 2.45) is 5.92 Å². The predicted octanol–water partition coefficient (Wildman–Crippen LogP) is 5.36. The third-order valence-electron chi connectivity index (χ3n) is 5.77. The molecule has 154 valence electrons. The molecule has 0 unspecified atom stereocenters. The molecule has 4 rings (SSSR count). The maximum atomic E-state index is 14.0. The number of carbonyl (C=O) groups excluding carboxylic acids is 1. The molecule has 0 amide bonds. The first-order valence-corrected chi connectivity index (χ1v) is 10.0. The van der Waals surface area contributed by atoms with Gasteiger partial charge in [-0.3, -0.25) is 0 Å². The average Bonchev–Trinajstić information content (AvgIpc) is 2.72. The van der Waals surface area contributed by atoms with Crippen molar-refractivity contribution in [3.63, 3.8) is 0 Å². The molecule has 2 aromatic rings. The van der Waals surface area contributed by atoms with Gasteiger partial charge in [-0.15, -0.1) is 0 Å². The number of ether oxygens (including phenoxy) is 2. The first-order chi connectivity index (χ1) is 13.9. The number of anilines is 1. The van der Waals surface area contributed by atoms with Gasteiger partial charge in [0.15, 0.2) is 6.10 Å². The second-order valence-corrected chi connectivity index (χ2v) is 7.76. The monoisotopic (exact) mass is 401 g/mol. The van der Waals surface area contributed by atoms with Gasteiger partial charge in [-0.05, 0) is 37.5 Å². The van der Waals surface area contributed by atoms with Gasteiger partial charge in [-0.2, -0.15) is 0 Å². The quantitative estimate of drug-likeness (QED) is 0.700. The number of nitrogens with one attached hydrogen (secondary N) is 1. The molecule has 6 heteroatoms. The van der Waals surface area contributed by atoms with E-state index in [4.69, 9.17) is 9.47 Å². The van der Waals surface area contributed by atoms with Crippen LogP contribution < -0.4 is 5.32 Å². The predicted molar refractivity (Wildman–Crippen MR) is 106 cm³/mol. The van der Waals surface area contributed by atoms with Gasteiger partial charge < -0.3 is 14.8 Å². The maximum absolute atomic E-state index is 14.0. The van der Waals surface area contributed by atoms with Gasteiger partial charge in [0.25, 0.3) is 5.92 Å². The van der Waals surface area contributed by atoms with E-state index in [2.05, 4.69) is 5.32 Å². The largest absolute Gasteiger partial charge is 0.464 e. The van der Waals surface area contributed by atoms with Crippen LogP contribution in [0.15, 0.2) is 48.5 Å². The van der Waals surface area contributed by atoms with E-state index in [1.165, 1.54) is 12.1 Å². The van der Waals surface area contributed by atoms with Gasteiger partial charge in [0.1, 0.15) is 0 Å². The maximum Gasteiger partial charge on any atom is 0.335 e. The first kappa shape index (κ1) is 19.8. The number of rotatable bonds is 4. The smallest absolute Gasteiger partial charge is 0.335 e. The van der Waals surface area contributed by atoms with Crippen molar-refractivity contribution < 1.29 is 23.0 Å². The summed E-state index contributed by atoms with van der Waals surface area (Å²) in [6, 6.07) is 14.6. The summed E-state index contributed by atoms with van der Waals surface area (Å²) in [5.41, 5.74) is 2.49. The van der Waals surface area contributed by atoms with Crippen LogP contribution in [0.5, 0.6) is 0 Å². The number of hydrogen-bond donors (Lipinski definition) is 1. The fourth-order valence-corrected chi connectivity index (χ4v) is 4.36. The standard InChI is InChI=1S/C23H25F2NO3/c1-3-28-22(27)19-12-10-16-20(14-7-5-4-6-8-14)26-18-11-9-15(23(2,24)25)13-17(18)21(16)29-19/h4-9,11,13,16,19-21,26H,3,10,12H2,1-2H3/t16-,19+,20-,21-/m0/s1. The topological polar surface area (TPSA) is 47.6 Å². The number of fused-ring (bicyclic) bond motifs is 3. The molecule has 2 aromatic carbocycles. The molecular weight excluding hydrogens is 376 g/mol. The van der Waals surface area contributed by atoms with Crippen molar-refractivity contribution in [2.45, 2.75) is 50.9 Å². The normalized spacial score (nSPS) is 26.1. The molecule has 2 heterocycles. The van der Waals surface area contributed by atoms with Crippen LogP contribution in [-0.4, -0.2) is 18.7 Å². The van der Waals surface area contributed by atoms with Crippen molar-refractivity contribution in [3.8, 4) is 0 Å². The van der Waals surface area contributed by atoms with Crippen LogP contribution in [0.1, 0.15) is 55.5 Å². The third-order valence-corrected chi connectivity index (χ3v) is 5.77. The molecule has 4 atom stereocenters. The molecule has 2 aliphatic rings. The van der Waals surface area contributed by atoms with Crippen LogP contribution in [0.25, 0.3) is 0 Å². The summed E-state index contributed by atoms with van der Waals surface area (Å²) in [5.74, 6) is -3.31. The van der Waals surface area contributed by atoms with Crippen molar-refractivity contribution in [2.75, 3.05) is 11.9 Å². The van der Waals surface area contributed by atoms with Crippen molar-refractivity contribution in [1.82, 2.24) is 0 Å². The van der Waals surface area contributed by atoms with E-state index < -0.39 is 18.1 Å². The van der Waals surface area contributed by atoms with Gasteiger partial charge in [-0.1, -0.05) is 36.4 Å². The Hall–Kier alpha value is -2.47. The molecule has 1 N–H and O–H groups in total. The van der Waals surface area contributed by atoms with Crippen molar-refractivity contribution in [3.05, 3.63) is 65.2 Å². The van der Waals surface area contributed by atoms with Gasteiger partial charge in [-0.25, -0.2) is 13.6 Å². The lowest BCUT2D eigenvalue weighted by atomic mass is 9.76. The summed E-state index contributed by atoms with van der Waals surface area (Å²) in [6.07, 6.45) is 0.142. The Morgan fingerprint density at radius 2 is 1.97 bits per heavy atom. The fraction of sp³-hybridized carbons (Fsp3) is 0.435. The molecule has 1 fully saturated rings. The van der Waals surface area contributed by atoms with Crippen LogP contribution >= 0.6 is 0 Å². The molecule has 0 spiro atoms. The zero-order chi connectivity index (χ0) is 20.6. The van der Waals surface area contributed by atoms with E-state index in [1.807, 2.05) is 30.3 Å². The zero-order valence-electron chi connectivity index (χ0n) is 16.5. The Balaban J connectivity index is 1.74. The Morgan fingerprint density at radius 3 is 2.66 bits per heavy atom. The Kier molecular flexibility index (Phi) is 5.30. The highest BCUT2D eigenvalue weighted by Gasteiger charge is 2.44. The van der Waals surface area contributed by atoms with E-state index in [1.54, 1.807) is 13.0 Å². The number of halogens is 2. The molecule has 0 radical (unpaired) electrons. The third kappa shape index (κ3) is 3.86. The summed E-state index contributed by atoms with van der Waals surface area (Å²) >= 11 is 0. The Morgan fingerprint density at radius 1 is 1.21 bits per heavy atom. The van der Waals surface area contributed by atoms with Crippen LogP contribution in [0.2, 0.25) is 0 Å². The molecule has 0 saturated carbocycles. The van der Waals surface area contributed by atoms with E-state index in [9.17, 15) is 13.6 Å². The Bertz CT molecular complexity index is 881. The summed E-state index contributed by atoms with van der Waals surface area (Å²) in [5, 5.41) is 3.52. The second kappa shape index (κ2) is 7.75. The number of benzene rings is 2. The van der Waals surface area contributed by atoms with Gasteiger partial charge in [0, 0.05) is 29.7 Å². The first-order valence-electron chi connectivity index (χ1n) is 10.0. The summed E-state index contributed by atoms with van der Waals surface area (Å²) < 4.78 is 39.3.